The van der Waals surface area contributed by atoms with Gasteiger partial charge in [-0.3, -0.25) is 14.6 Å². The third-order valence-corrected chi connectivity index (χ3v) is 6.09. The van der Waals surface area contributed by atoms with E-state index in [1.165, 1.54) is 0 Å². The topological polar surface area (TPSA) is 71.5 Å². The van der Waals surface area contributed by atoms with Crippen molar-refractivity contribution < 1.29 is 14.3 Å². The maximum atomic E-state index is 13.1. The van der Waals surface area contributed by atoms with Crippen molar-refractivity contribution in [3.05, 3.63) is 89.7 Å². The van der Waals surface area contributed by atoms with Crippen molar-refractivity contribution in [2.24, 2.45) is 0 Å². The molecule has 1 aliphatic heterocycles. The standard InChI is InChI=1S/C27H29N3O3/c1-20-6-8-21(9-7-20)17-25(31)30-14-15-33-27(19-30,26(32)28-2)18-22-4-3-5-24(16-22)23-10-12-29-13-11-23/h3-13,16H,14-15,17-19H2,1-2H3,(H,28,32). The molecule has 0 saturated carbocycles. The zero-order chi connectivity index (χ0) is 23.3. The number of nitrogens with one attached hydrogen (secondary N) is 1. The highest BCUT2D eigenvalue weighted by atomic mass is 16.5. The van der Waals surface area contributed by atoms with Crippen LogP contribution in [0.25, 0.3) is 11.1 Å². The van der Waals surface area contributed by atoms with Gasteiger partial charge in [-0.1, -0.05) is 54.1 Å². The molecule has 2 heterocycles. The van der Waals surface area contributed by atoms with Crippen molar-refractivity contribution in [1.29, 1.82) is 0 Å². The van der Waals surface area contributed by atoms with E-state index in [2.05, 4.69) is 16.4 Å². The molecule has 3 aromatic rings. The maximum Gasteiger partial charge on any atom is 0.254 e. The number of hydrogen-bond donors (Lipinski definition) is 1. The van der Waals surface area contributed by atoms with Crippen LogP contribution in [-0.4, -0.2) is 54.0 Å². The van der Waals surface area contributed by atoms with Crippen LogP contribution in [0.5, 0.6) is 0 Å². The van der Waals surface area contributed by atoms with E-state index in [1.807, 2.05) is 61.5 Å². The first-order chi connectivity index (χ1) is 16.0. The number of nitrogens with zero attached hydrogens (tertiary/aromatic N) is 2. The zero-order valence-electron chi connectivity index (χ0n) is 19.1. The minimum absolute atomic E-state index is 0.000896. The molecule has 1 atom stereocenters. The molecule has 1 aromatic heterocycles. The van der Waals surface area contributed by atoms with Crippen molar-refractivity contribution in [3.8, 4) is 11.1 Å². The Balaban J connectivity index is 1.55. The lowest BCUT2D eigenvalue weighted by atomic mass is 9.89. The lowest BCUT2D eigenvalue weighted by Gasteiger charge is -2.41. The quantitative estimate of drug-likeness (QED) is 0.635. The van der Waals surface area contributed by atoms with E-state index in [0.29, 0.717) is 26.0 Å². The number of likely N-dealkylation sites (N-methyl/N-ethyl adjacent to an activating group) is 1. The van der Waals surface area contributed by atoms with Crippen LogP contribution in [0, 0.1) is 6.92 Å². The van der Waals surface area contributed by atoms with Crippen LogP contribution in [0.1, 0.15) is 16.7 Å². The van der Waals surface area contributed by atoms with E-state index in [-0.39, 0.29) is 18.4 Å². The highest BCUT2D eigenvalue weighted by Crippen LogP contribution is 2.27. The molecule has 33 heavy (non-hydrogen) atoms. The molecule has 0 radical (unpaired) electrons. The van der Waals surface area contributed by atoms with Crippen molar-refractivity contribution in [1.82, 2.24) is 15.2 Å². The van der Waals surface area contributed by atoms with E-state index < -0.39 is 5.60 Å². The van der Waals surface area contributed by atoms with Crippen LogP contribution in [0.2, 0.25) is 0 Å². The number of amides is 2. The van der Waals surface area contributed by atoms with Gasteiger partial charge in [0.05, 0.1) is 19.6 Å². The molecule has 0 spiro atoms. The Bertz CT molecular complexity index is 1110. The second-order valence-electron chi connectivity index (χ2n) is 8.51. The Morgan fingerprint density at radius 3 is 2.52 bits per heavy atom. The van der Waals surface area contributed by atoms with Gasteiger partial charge in [0.25, 0.3) is 5.91 Å². The number of pyridine rings is 1. The second-order valence-corrected chi connectivity index (χ2v) is 8.51. The highest BCUT2D eigenvalue weighted by Gasteiger charge is 2.44. The molecule has 1 aliphatic rings. The molecular weight excluding hydrogens is 414 g/mol. The Kier molecular flexibility index (Phi) is 6.84. The summed E-state index contributed by atoms with van der Waals surface area (Å²) < 4.78 is 6.10. The summed E-state index contributed by atoms with van der Waals surface area (Å²) in [4.78, 5) is 31.9. The minimum Gasteiger partial charge on any atom is -0.361 e. The third-order valence-electron chi connectivity index (χ3n) is 6.09. The number of aromatic nitrogens is 1. The lowest BCUT2D eigenvalue weighted by molar-refractivity contribution is -0.165. The van der Waals surface area contributed by atoms with Crippen LogP contribution < -0.4 is 5.32 Å². The first kappa shape index (κ1) is 22.7. The number of carbonyl (C=O) groups is 2. The van der Waals surface area contributed by atoms with E-state index in [0.717, 1.165) is 27.8 Å². The van der Waals surface area contributed by atoms with Crippen LogP contribution in [0.15, 0.2) is 73.1 Å². The third kappa shape index (κ3) is 5.29. The van der Waals surface area contributed by atoms with E-state index in [9.17, 15) is 9.59 Å². The first-order valence-electron chi connectivity index (χ1n) is 11.2. The van der Waals surface area contributed by atoms with Crippen molar-refractivity contribution in [2.45, 2.75) is 25.4 Å². The molecule has 4 rings (SSSR count). The van der Waals surface area contributed by atoms with Gasteiger partial charge in [0.15, 0.2) is 5.60 Å². The molecule has 6 heteroatoms. The van der Waals surface area contributed by atoms with Gasteiger partial charge < -0.3 is 15.0 Å². The van der Waals surface area contributed by atoms with E-state index in [4.69, 9.17) is 4.74 Å². The van der Waals surface area contributed by atoms with Crippen LogP contribution in [0.4, 0.5) is 0 Å². The number of aryl methyl sites for hydroxylation is 1. The van der Waals surface area contributed by atoms with Crippen LogP contribution in [0.3, 0.4) is 0 Å². The fourth-order valence-electron chi connectivity index (χ4n) is 4.28. The average Bonchev–Trinajstić information content (AvgIpc) is 2.85. The molecule has 0 bridgehead atoms. The number of hydrogen-bond acceptors (Lipinski definition) is 4. The molecule has 2 aromatic carbocycles. The fraction of sp³-hybridized carbons (Fsp3) is 0.296. The molecule has 170 valence electrons. The SMILES string of the molecule is CNC(=O)C1(Cc2cccc(-c3ccncc3)c2)CN(C(=O)Cc2ccc(C)cc2)CCO1. The monoisotopic (exact) mass is 443 g/mol. The van der Waals surface area contributed by atoms with Gasteiger partial charge in [-0.15, -0.1) is 0 Å². The molecule has 1 saturated heterocycles. The van der Waals surface area contributed by atoms with Gasteiger partial charge >= 0.3 is 0 Å². The van der Waals surface area contributed by atoms with Crippen molar-refractivity contribution >= 4 is 11.8 Å². The average molecular weight is 444 g/mol. The molecule has 2 amide bonds. The fourth-order valence-corrected chi connectivity index (χ4v) is 4.28. The van der Waals surface area contributed by atoms with Crippen LogP contribution in [-0.2, 0) is 27.2 Å². The highest BCUT2D eigenvalue weighted by molar-refractivity contribution is 5.87. The van der Waals surface area contributed by atoms with Gasteiger partial charge in [-0.25, -0.2) is 0 Å². The van der Waals surface area contributed by atoms with Gasteiger partial charge in [0.2, 0.25) is 5.91 Å². The molecule has 1 fully saturated rings. The summed E-state index contributed by atoms with van der Waals surface area (Å²) in [5.41, 5.74) is 4.07. The smallest absolute Gasteiger partial charge is 0.254 e. The summed E-state index contributed by atoms with van der Waals surface area (Å²) in [6.45, 7) is 3.03. The lowest BCUT2D eigenvalue weighted by Crippen LogP contribution is -2.61. The Morgan fingerprint density at radius 1 is 1.03 bits per heavy atom. The summed E-state index contributed by atoms with van der Waals surface area (Å²) in [5, 5.41) is 2.75. The Morgan fingerprint density at radius 2 is 1.79 bits per heavy atom. The van der Waals surface area contributed by atoms with E-state index in [1.54, 1.807) is 24.3 Å². The van der Waals surface area contributed by atoms with Crippen LogP contribution >= 0.6 is 0 Å². The Labute approximate surface area is 194 Å². The van der Waals surface area contributed by atoms with Crippen molar-refractivity contribution in [3.63, 3.8) is 0 Å². The van der Waals surface area contributed by atoms with Gasteiger partial charge in [-0.05, 0) is 41.3 Å². The normalized spacial score (nSPS) is 18.1. The molecule has 1 N–H and O–H groups in total. The zero-order valence-corrected chi connectivity index (χ0v) is 19.1. The number of benzene rings is 2. The minimum atomic E-state index is -1.13. The number of ether oxygens (including phenoxy) is 1. The predicted octanol–water partition coefficient (Wildman–Crippen LogP) is 3.19. The molecule has 1 unspecified atom stereocenters. The van der Waals surface area contributed by atoms with Crippen molar-refractivity contribution in [2.75, 3.05) is 26.7 Å². The van der Waals surface area contributed by atoms with Gasteiger partial charge in [0.1, 0.15) is 0 Å². The molecule has 6 nitrogen and oxygen atoms in total. The summed E-state index contributed by atoms with van der Waals surface area (Å²) >= 11 is 0. The second kappa shape index (κ2) is 9.96. The summed E-state index contributed by atoms with van der Waals surface area (Å²) in [6.07, 6.45) is 4.20. The number of rotatable bonds is 6. The largest absolute Gasteiger partial charge is 0.361 e. The van der Waals surface area contributed by atoms with Gasteiger partial charge in [0, 0.05) is 32.4 Å². The number of morpholine rings is 1. The first-order valence-corrected chi connectivity index (χ1v) is 11.2. The van der Waals surface area contributed by atoms with Gasteiger partial charge in [-0.2, -0.15) is 0 Å². The van der Waals surface area contributed by atoms with E-state index >= 15 is 0 Å². The Hall–Kier alpha value is -3.51. The molecular formula is C27H29N3O3. The summed E-state index contributed by atoms with van der Waals surface area (Å²) in [7, 11) is 1.61. The summed E-state index contributed by atoms with van der Waals surface area (Å²) in [5.74, 6) is -0.217. The molecule has 0 aliphatic carbocycles. The maximum absolute atomic E-state index is 13.1. The predicted molar refractivity (Wildman–Crippen MR) is 128 cm³/mol. The number of carbonyl (C=O) groups excluding carboxylic acids is 2. The summed E-state index contributed by atoms with van der Waals surface area (Å²) in [6, 6.07) is 19.9.